The third kappa shape index (κ3) is 2.72. The zero-order valence-corrected chi connectivity index (χ0v) is 12.7. The van der Waals surface area contributed by atoms with Gasteiger partial charge in [0.25, 0.3) is 0 Å². The van der Waals surface area contributed by atoms with Crippen molar-refractivity contribution in [1.29, 1.82) is 0 Å². The van der Waals surface area contributed by atoms with Crippen LogP contribution in [-0.4, -0.2) is 6.54 Å². The molecule has 2 rings (SSSR count). The second-order valence-electron chi connectivity index (χ2n) is 4.10. The van der Waals surface area contributed by atoms with Gasteiger partial charge in [-0.25, -0.2) is 0 Å². The molecule has 0 amide bonds. The number of hydrogen-bond donors (Lipinski definition) is 1. The zero-order chi connectivity index (χ0) is 13.1. The molecule has 0 spiro atoms. The number of rotatable bonds is 4. The Labute approximate surface area is 122 Å². The lowest BCUT2D eigenvalue weighted by Gasteiger charge is -2.19. The van der Waals surface area contributed by atoms with E-state index in [9.17, 15) is 0 Å². The maximum Gasteiger partial charge on any atom is 0.0700 e. The summed E-state index contributed by atoms with van der Waals surface area (Å²) < 4.78 is 0. The van der Waals surface area contributed by atoms with Crippen LogP contribution < -0.4 is 5.32 Å². The summed E-state index contributed by atoms with van der Waals surface area (Å²) in [5.74, 6) is 0. The standard InChI is InChI=1S/C14H15Cl2NS/c1-3-17-13(14-11(15)7-8-18-14)10-6-4-5-9(2)12(10)16/h4-8,13,17H,3H2,1-2H3. The van der Waals surface area contributed by atoms with E-state index in [-0.39, 0.29) is 6.04 Å². The van der Waals surface area contributed by atoms with E-state index in [2.05, 4.69) is 18.3 Å². The van der Waals surface area contributed by atoms with Crippen LogP contribution in [-0.2, 0) is 0 Å². The first kappa shape index (κ1) is 13.9. The second-order valence-corrected chi connectivity index (χ2v) is 5.83. The van der Waals surface area contributed by atoms with E-state index in [1.54, 1.807) is 11.3 Å². The van der Waals surface area contributed by atoms with E-state index in [1.165, 1.54) is 0 Å². The van der Waals surface area contributed by atoms with Gasteiger partial charge in [0.2, 0.25) is 0 Å². The normalized spacial score (nSPS) is 12.7. The Hall–Kier alpha value is -0.540. The molecule has 0 bridgehead atoms. The van der Waals surface area contributed by atoms with Gasteiger partial charge in [-0.05, 0) is 36.0 Å². The van der Waals surface area contributed by atoms with E-state index in [1.807, 2.05) is 30.5 Å². The van der Waals surface area contributed by atoms with Crippen molar-refractivity contribution in [2.24, 2.45) is 0 Å². The van der Waals surface area contributed by atoms with Crippen LogP contribution in [0.1, 0.15) is 29.0 Å². The Kier molecular flexibility index (Phi) is 4.68. The molecule has 1 N–H and O–H groups in total. The number of benzene rings is 1. The molecule has 0 aliphatic carbocycles. The Balaban J connectivity index is 2.48. The molecule has 96 valence electrons. The molecule has 0 aliphatic heterocycles. The summed E-state index contributed by atoms with van der Waals surface area (Å²) in [6, 6.07) is 8.09. The SMILES string of the molecule is CCNC(c1cccc(C)c1Cl)c1sccc1Cl. The van der Waals surface area contributed by atoms with E-state index in [0.29, 0.717) is 0 Å². The highest BCUT2D eigenvalue weighted by Crippen LogP contribution is 2.36. The minimum absolute atomic E-state index is 0.0647. The molecule has 1 unspecified atom stereocenters. The molecule has 1 aromatic heterocycles. The fraction of sp³-hybridized carbons (Fsp3) is 0.286. The number of hydrogen-bond acceptors (Lipinski definition) is 2. The largest absolute Gasteiger partial charge is 0.306 e. The molecule has 0 saturated carbocycles. The molecule has 0 fully saturated rings. The lowest BCUT2D eigenvalue weighted by atomic mass is 10.0. The minimum Gasteiger partial charge on any atom is -0.306 e. The van der Waals surface area contributed by atoms with Crippen LogP contribution in [0.3, 0.4) is 0 Å². The fourth-order valence-corrected chi connectivity index (χ4v) is 3.45. The summed E-state index contributed by atoms with van der Waals surface area (Å²) in [6.07, 6.45) is 0. The van der Waals surface area contributed by atoms with Crippen molar-refractivity contribution in [1.82, 2.24) is 5.32 Å². The third-order valence-corrected chi connectivity index (χ3v) is 4.79. The molecule has 2 aromatic rings. The monoisotopic (exact) mass is 299 g/mol. The number of halogens is 2. The molecule has 4 heteroatoms. The molecule has 1 heterocycles. The molecule has 18 heavy (non-hydrogen) atoms. The lowest BCUT2D eigenvalue weighted by molar-refractivity contribution is 0.639. The van der Waals surface area contributed by atoms with Gasteiger partial charge in [0.05, 0.1) is 11.1 Å². The summed E-state index contributed by atoms with van der Waals surface area (Å²) in [5, 5.41) is 7.07. The Morgan fingerprint density at radius 1 is 1.28 bits per heavy atom. The van der Waals surface area contributed by atoms with Crippen molar-refractivity contribution in [2.75, 3.05) is 6.54 Å². The molecule has 1 nitrogen and oxygen atoms in total. The van der Waals surface area contributed by atoms with Crippen LogP contribution in [0.2, 0.25) is 10.0 Å². The van der Waals surface area contributed by atoms with Gasteiger partial charge in [-0.3, -0.25) is 0 Å². The van der Waals surface area contributed by atoms with E-state index in [4.69, 9.17) is 23.2 Å². The van der Waals surface area contributed by atoms with Crippen LogP contribution in [0, 0.1) is 6.92 Å². The van der Waals surface area contributed by atoms with E-state index < -0.39 is 0 Å². The van der Waals surface area contributed by atoms with Crippen molar-refractivity contribution >= 4 is 34.5 Å². The second kappa shape index (κ2) is 6.07. The van der Waals surface area contributed by atoms with Crippen LogP contribution >= 0.6 is 34.5 Å². The molecular weight excluding hydrogens is 285 g/mol. The predicted octanol–water partition coefficient (Wildman–Crippen LogP) is 5.06. The minimum atomic E-state index is 0.0647. The van der Waals surface area contributed by atoms with E-state index >= 15 is 0 Å². The maximum absolute atomic E-state index is 6.41. The Morgan fingerprint density at radius 3 is 2.67 bits per heavy atom. The molecule has 0 saturated heterocycles. The average molecular weight is 300 g/mol. The Morgan fingerprint density at radius 2 is 2.06 bits per heavy atom. The first-order valence-electron chi connectivity index (χ1n) is 5.86. The van der Waals surface area contributed by atoms with E-state index in [0.717, 1.165) is 32.6 Å². The first-order valence-corrected chi connectivity index (χ1v) is 7.50. The fourth-order valence-electron chi connectivity index (χ4n) is 1.95. The molecule has 1 atom stereocenters. The van der Waals surface area contributed by atoms with Gasteiger partial charge in [-0.2, -0.15) is 0 Å². The van der Waals surface area contributed by atoms with Crippen LogP contribution in [0.5, 0.6) is 0 Å². The molecule has 1 aromatic carbocycles. The summed E-state index contributed by atoms with van der Waals surface area (Å²) >= 11 is 14.3. The number of nitrogens with one attached hydrogen (secondary N) is 1. The highest BCUT2D eigenvalue weighted by molar-refractivity contribution is 7.10. The highest BCUT2D eigenvalue weighted by atomic mass is 35.5. The number of aryl methyl sites for hydroxylation is 1. The quantitative estimate of drug-likeness (QED) is 0.832. The molecule has 0 aliphatic rings. The number of thiophene rings is 1. The third-order valence-electron chi connectivity index (χ3n) is 2.85. The van der Waals surface area contributed by atoms with Gasteiger partial charge in [0, 0.05) is 9.90 Å². The first-order chi connectivity index (χ1) is 8.65. The summed E-state index contributed by atoms with van der Waals surface area (Å²) in [4.78, 5) is 1.12. The average Bonchev–Trinajstić information content (AvgIpc) is 2.76. The van der Waals surface area contributed by atoms with Gasteiger partial charge in [0.1, 0.15) is 0 Å². The molecular formula is C14H15Cl2NS. The van der Waals surface area contributed by atoms with Crippen LogP contribution in [0.4, 0.5) is 0 Å². The smallest absolute Gasteiger partial charge is 0.0700 e. The maximum atomic E-state index is 6.41. The van der Waals surface area contributed by atoms with Gasteiger partial charge in [-0.1, -0.05) is 48.3 Å². The van der Waals surface area contributed by atoms with Crippen LogP contribution in [0.15, 0.2) is 29.6 Å². The van der Waals surface area contributed by atoms with Gasteiger partial charge < -0.3 is 5.32 Å². The topological polar surface area (TPSA) is 12.0 Å². The predicted molar refractivity (Wildman–Crippen MR) is 81.0 cm³/mol. The van der Waals surface area contributed by atoms with Crippen molar-refractivity contribution in [3.63, 3.8) is 0 Å². The van der Waals surface area contributed by atoms with Gasteiger partial charge in [0.15, 0.2) is 0 Å². The lowest BCUT2D eigenvalue weighted by Crippen LogP contribution is -2.21. The zero-order valence-electron chi connectivity index (χ0n) is 10.3. The molecule has 0 radical (unpaired) electrons. The van der Waals surface area contributed by atoms with Crippen molar-refractivity contribution < 1.29 is 0 Å². The summed E-state index contributed by atoms with van der Waals surface area (Å²) in [7, 11) is 0. The van der Waals surface area contributed by atoms with Crippen molar-refractivity contribution in [3.8, 4) is 0 Å². The Bertz CT molecular complexity index is 536. The van der Waals surface area contributed by atoms with Crippen LogP contribution in [0.25, 0.3) is 0 Å². The summed E-state index contributed by atoms with van der Waals surface area (Å²) in [6.45, 7) is 4.96. The van der Waals surface area contributed by atoms with Crippen molar-refractivity contribution in [3.05, 3.63) is 55.7 Å². The van der Waals surface area contributed by atoms with Gasteiger partial charge in [-0.15, -0.1) is 11.3 Å². The van der Waals surface area contributed by atoms with Gasteiger partial charge >= 0.3 is 0 Å². The summed E-state index contributed by atoms with van der Waals surface area (Å²) in [5.41, 5.74) is 2.17. The van der Waals surface area contributed by atoms with Crippen molar-refractivity contribution in [2.45, 2.75) is 19.9 Å². The highest BCUT2D eigenvalue weighted by Gasteiger charge is 2.20.